The highest BCUT2D eigenvalue weighted by molar-refractivity contribution is 9.11. The molecule has 0 radical (unpaired) electrons. The van der Waals surface area contributed by atoms with Crippen LogP contribution < -0.4 is 5.32 Å². The Bertz CT molecular complexity index is 395. The number of hydrogen-bond acceptors (Lipinski definition) is 4. The molecule has 0 saturated carbocycles. The first-order chi connectivity index (χ1) is 8.22. The van der Waals surface area contributed by atoms with Crippen LogP contribution in [0, 0.1) is 0 Å². The SMILES string of the molecule is CNCC1COCCN1C(=O)c1ccc(Br)s1. The van der Waals surface area contributed by atoms with Crippen LogP contribution in [0.4, 0.5) is 0 Å². The zero-order chi connectivity index (χ0) is 12.3. The minimum atomic E-state index is 0.101. The van der Waals surface area contributed by atoms with Crippen molar-refractivity contribution >= 4 is 33.2 Å². The Morgan fingerprint density at radius 1 is 1.71 bits per heavy atom. The zero-order valence-corrected chi connectivity index (χ0v) is 12.0. The van der Waals surface area contributed by atoms with E-state index >= 15 is 0 Å². The molecule has 2 rings (SSSR count). The molecule has 1 amide bonds. The molecule has 1 aliphatic heterocycles. The molecule has 0 aromatic carbocycles. The van der Waals surface area contributed by atoms with Crippen molar-refractivity contribution in [2.24, 2.45) is 0 Å². The van der Waals surface area contributed by atoms with E-state index in [2.05, 4.69) is 21.2 Å². The molecular weight excluding hydrogens is 304 g/mol. The number of hydrogen-bond donors (Lipinski definition) is 1. The summed E-state index contributed by atoms with van der Waals surface area (Å²) in [4.78, 5) is 15.0. The smallest absolute Gasteiger partial charge is 0.264 e. The molecule has 6 heteroatoms. The zero-order valence-electron chi connectivity index (χ0n) is 9.61. The number of rotatable bonds is 3. The van der Waals surface area contributed by atoms with Crippen LogP contribution in [0.15, 0.2) is 15.9 Å². The van der Waals surface area contributed by atoms with Gasteiger partial charge in [-0.25, -0.2) is 0 Å². The van der Waals surface area contributed by atoms with Gasteiger partial charge in [0.2, 0.25) is 0 Å². The average molecular weight is 319 g/mol. The van der Waals surface area contributed by atoms with Crippen LogP contribution in [0.2, 0.25) is 0 Å². The van der Waals surface area contributed by atoms with Crippen molar-refractivity contribution in [1.29, 1.82) is 0 Å². The number of ether oxygens (including phenoxy) is 1. The molecule has 17 heavy (non-hydrogen) atoms. The summed E-state index contributed by atoms with van der Waals surface area (Å²) in [5, 5.41) is 3.10. The largest absolute Gasteiger partial charge is 0.377 e. The summed E-state index contributed by atoms with van der Waals surface area (Å²) in [5.41, 5.74) is 0. The van der Waals surface area contributed by atoms with E-state index in [1.54, 1.807) is 0 Å². The van der Waals surface area contributed by atoms with Gasteiger partial charge >= 0.3 is 0 Å². The third-order valence-corrected chi connectivity index (χ3v) is 4.32. The van der Waals surface area contributed by atoms with Gasteiger partial charge in [0, 0.05) is 13.1 Å². The maximum absolute atomic E-state index is 12.3. The van der Waals surface area contributed by atoms with Crippen LogP contribution in [0.1, 0.15) is 9.67 Å². The van der Waals surface area contributed by atoms with Crippen molar-refractivity contribution in [3.63, 3.8) is 0 Å². The van der Waals surface area contributed by atoms with Crippen molar-refractivity contribution in [2.75, 3.05) is 33.4 Å². The fourth-order valence-corrected chi connectivity index (χ4v) is 3.24. The van der Waals surface area contributed by atoms with Crippen LogP contribution >= 0.6 is 27.3 Å². The molecule has 1 fully saturated rings. The number of halogens is 1. The fraction of sp³-hybridized carbons (Fsp3) is 0.545. The van der Waals surface area contributed by atoms with E-state index in [0.717, 1.165) is 15.2 Å². The third-order valence-electron chi connectivity index (χ3n) is 2.71. The molecule has 1 atom stereocenters. The Kier molecular flexibility index (Phi) is 4.55. The summed E-state index contributed by atoms with van der Waals surface area (Å²) in [5.74, 6) is 0.101. The van der Waals surface area contributed by atoms with E-state index in [0.29, 0.717) is 19.8 Å². The number of morpholine rings is 1. The van der Waals surface area contributed by atoms with Crippen molar-refractivity contribution in [3.05, 3.63) is 20.8 Å². The molecular formula is C11H15BrN2O2S. The van der Waals surface area contributed by atoms with Gasteiger partial charge in [0.15, 0.2) is 0 Å². The number of amides is 1. The highest BCUT2D eigenvalue weighted by Crippen LogP contribution is 2.24. The van der Waals surface area contributed by atoms with Gasteiger partial charge in [-0.15, -0.1) is 11.3 Å². The Balaban J connectivity index is 2.10. The molecule has 0 bridgehead atoms. The van der Waals surface area contributed by atoms with Crippen molar-refractivity contribution < 1.29 is 9.53 Å². The Morgan fingerprint density at radius 2 is 2.53 bits per heavy atom. The van der Waals surface area contributed by atoms with Crippen molar-refractivity contribution in [1.82, 2.24) is 10.2 Å². The molecule has 1 saturated heterocycles. The summed E-state index contributed by atoms with van der Waals surface area (Å²) >= 11 is 4.85. The van der Waals surface area contributed by atoms with E-state index < -0.39 is 0 Å². The molecule has 1 N–H and O–H groups in total. The molecule has 0 spiro atoms. The lowest BCUT2D eigenvalue weighted by Crippen LogP contribution is -2.52. The van der Waals surface area contributed by atoms with Crippen molar-refractivity contribution in [3.8, 4) is 0 Å². The number of nitrogens with one attached hydrogen (secondary N) is 1. The van der Waals surface area contributed by atoms with Gasteiger partial charge in [-0.05, 0) is 35.1 Å². The van der Waals surface area contributed by atoms with Gasteiger partial charge in [0.25, 0.3) is 5.91 Å². The van der Waals surface area contributed by atoms with Crippen LogP contribution in [-0.2, 0) is 4.74 Å². The molecule has 4 nitrogen and oxygen atoms in total. The van der Waals surface area contributed by atoms with E-state index in [4.69, 9.17) is 4.74 Å². The van der Waals surface area contributed by atoms with Gasteiger partial charge in [-0.1, -0.05) is 0 Å². The van der Waals surface area contributed by atoms with Gasteiger partial charge in [-0.2, -0.15) is 0 Å². The first kappa shape index (κ1) is 13.0. The molecule has 1 aromatic heterocycles. The van der Waals surface area contributed by atoms with Gasteiger partial charge in [0.05, 0.1) is 27.9 Å². The topological polar surface area (TPSA) is 41.6 Å². The first-order valence-corrected chi connectivity index (χ1v) is 7.12. The minimum Gasteiger partial charge on any atom is -0.377 e. The van der Waals surface area contributed by atoms with E-state index in [1.807, 2.05) is 24.1 Å². The number of carbonyl (C=O) groups excluding carboxylic acids is 1. The van der Waals surface area contributed by atoms with Crippen LogP contribution in [0.5, 0.6) is 0 Å². The summed E-state index contributed by atoms with van der Waals surface area (Å²) in [7, 11) is 1.89. The van der Waals surface area contributed by atoms with E-state index in [-0.39, 0.29) is 11.9 Å². The molecule has 1 unspecified atom stereocenters. The van der Waals surface area contributed by atoms with Crippen LogP contribution in [0.25, 0.3) is 0 Å². The van der Waals surface area contributed by atoms with Crippen LogP contribution in [0.3, 0.4) is 0 Å². The predicted octanol–water partition coefficient (Wildman–Crippen LogP) is 1.57. The molecule has 1 aromatic rings. The summed E-state index contributed by atoms with van der Waals surface area (Å²) in [6.45, 7) is 2.66. The number of nitrogens with zero attached hydrogens (tertiary/aromatic N) is 1. The van der Waals surface area contributed by atoms with Gasteiger partial charge in [0.1, 0.15) is 0 Å². The highest BCUT2D eigenvalue weighted by atomic mass is 79.9. The average Bonchev–Trinajstić information content (AvgIpc) is 2.76. The number of thiophene rings is 1. The Labute approximate surface area is 113 Å². The standard InChI is InChI=1S/C11H15BrN2O2S/c1-13-6-8-7-16-5-4-14(8)11(15)9-2-3-10(12)17-9/h2-3,8,13H,4-7H2,1H3. The van der Waals surface area contributed by atoms with Gasteiger partial charge in [-0.3, -0.25) is 4.79 Å². The second-order valence-corrected chi connectivity index (χ2v) is 6.35. The normalized spacial score (nSPS) is 20.6. The second kappa shape index (κ2) is 5.95. The minimum absolute atomic E-state index is 0.101. The molecule has 2 heterocycles. The second-order valence-electron chi connectivity index (χ2n) is 3.89. The van der Waals surface area contributed by atoms with E-state index in [1.165, 1.54) is 11.3 Å². The monoisotopic (exact) mass is 318 g/mol. The molecule has 0 aliphatic carbocycles. The lowest BCUT2D eigenvalue weighted by molar-refractivity contribution is -0.000710. The predicted molar refractivity (Wildman–Crippen MR) is 71.6 cm³/mol. The van der Waals surface area contributed by atoms with Crippen LogP contribution in [-0.4, -0.2) is 50.2 Å². The molecule has 94 valence electrons. The lowest BCUT2D eigenvalue weighted by atomic mass is 10.2. The maximum Gasteiger partial charge on any atom is 0.264 e. The highest BCUT2D eigenvalue weighted by Gasteiger charge is 2.28. The first-order valence-electron chi connectivity index (χ1n) is 5.51. The third kappa shape index (κ3) is 3.07. The van der Waals surface area contributed by atoms with Crippen molar-refractivity contribution in [2.45, 2.75) is 6.04 Å². The Hall–Kier alpha value is -0.430. The Morgan fingerprint density at radius 3 is 3.18 bits per heavy atom. The summed E-state index contributed by atoms with van der Waals surface area (Å²) < 4.78 is 6.40. The maximum atomic E-state index is 12.3. The quantitative estimate of drug-likeness (QED) is 0.920. The van der Waals surface area contributed by atoms with E-state index in [9.17, 15) is 4.79 Å². The number of carbonyl (C=O) groups is 1. The van der Waals surface area contributed by atoms with Gasteiger partial charge < -0.3 is 15.0 Å². The lowest BCUT2D eigenvalue weighted by Gasteiger charge is -2.35. The summed E-state index contributed by atoms with van der Waals surface area (Å²) in [6, 6.07) is 3.90. The summed E-state index contributed by atoms with van der Waals surface area (Å²) in [6.07, 6.45) is 0. The number of likely N-dealkylation sites (N-methyl/N-ethyl adjacent to an activating group) is 1. The molecule has 1 aliphatic rings. The fourth-order valence-electron chi connectivity index (χ4n) is 1.90.